The second-order valence-electron chi connectivity index (χ2n) is 6.92. The Hall–Kier alpha value is -1.86. The molecule has 1 aliphatic rings. The van der Waals surface area contributed by atoms with E-state index in [2.05, 4.69) is 10.0 Å². The van der Waals surface area contributed by atoms with Crippen molar-refractivity contribution in [1.82, 2.24) is 5.32 Å². The Morgan fingerprint density at radius 2 is 1.79 bits per heavy atom. The van der Waals surface area contributed by atoms with Gasteiger partial charge in [0.15, 0.2) is 0 Å². The summed E-state index contributed by atoms with van der Waals surface area (Å²) >= 11 is 7.29. The van der Waals surface area contributed by atoms with Crippen LogP contribution < -0.4 is 10.0 Å². The van der Waals surface area contributed by atoms with Crippen molar-refractivity contribution in [3.63, 3.8) is 0 Å². The van der Waals surface area contributed by atoms with E-state index in [1.165, 1.54) is 22.5 Å². The Morgan fingerprint density at radius 1 is 1.00 bits per heavy atom. The lowest BCUT2D eigenvalue weighted by molar-refractivity contribution is 0.603. The molecule has 0 spiro atoms. The molecule has 0 saturated carbocycles. The summed E-state index contributed by atoms with van der Waals surface area (Å²) in [6.45, 7) is 3.84. The Morgan fingerprint density at radius 3 is 2.57 bits per heavy atom. The molecule has 3 aromatic rings. The molecule has 146 valence electrons. The SMILES string of the molecule is Cc1cc(Cl)ccc1-c1ccc(S(=O)(=O)Nc2ccc3c(c2)CCNCC3)s1. The first-order chi connectivity index (χ1) is 13.4. The number of benzene rings is 2. The van der Waals surface area contributed by atoms with Gasteiger partial charge >= 0.3 is 0 Å². The van der Waals surface area contributed by atoms with Crippen molar-refractivity contribution in [3.8, 4) is 10.4 Å². The Bertz CT molecular complexity index is 1120. The molecule has 1 aliphatic heterocycles. The first-order valence-electron chi connectivity index (χ1n) is 9.14. The largest absolute Gasteiger partial charge is 0.316 e. The van der Waals surface area contributed by atoms with Crippen molar-refractivity contribution in [1.29, 1.82) is 0 Å². The van der Waals surface area contributed by atoms with E-state index in [1.807, 2.05) is 49.4 Å². The summed E-state index contributed by atoms with van der Waals surface area (Å²) in [5.74, 6) is 0. The van der Waals surface area contributed by atoms with Crippen molar-refractivity contribution in [2.24, 2.45) is 0 Å². The van der Waals surface area contributed by atoms with Gasteiger partial charge in [0.25, 0.3) is 10.0 Å². The fourth-order valence-electron chi connectivity index (χ4n) is 3.46. The van der Waals surface area contributed by atoms with E-state index in [-0.39, 0.29) is 0 Å². The average molecular weight is 433 g/mol. The van der Waals surface area contributed by atoms with Crippen LogP contribution in [0.1, 0.15) is 16.7 Å². The smallest absolute Gasteiger partial charge is 0.271 e. The highest BCUT2D eigenvalue weighted by Crippen LogP contribution is 2.34. The van der Waals surface area contributed by atoms with Crippen LogP contribution in [0.15, 0.2) is 52.7 Å². The van der Waals surface area contributed by atoms with E-state index in [0.29, 0.717) is 14.9 Å². The monoisotopic (exact) mass is 432 g/mol. The molecule has 0 amide bonds. The number of nitrogens with one attached hydrogen (secondary N) is 2. The van der Waals surface area contributed by atoms with Crippen LogP contribution in [0, 0.1) is 6.92 Å². The van der Waals surface area contributed by atoms with Gasteiger partial charge in [-0.2, -0.15) is 0 Å². The van der Waals surface area contributed by atoms with Crippen LogP contribution in [-0.2, 0) is 22.9 Å². The fraction of sp³-hybridized carbons (Fsp3) is 0.238. The van der Waals surface area contributed by atoms with E-state index >= 15 is 0 Å². The lowest BCUT2D eigenvalue weighted by atomic mass is 10.0. The molecule has 0 radical (unpaired) electrons. The number of halogens is 1. The van der Waals surface area contributed by atoms with Gasteiger partial charge in [0.05, 0.1) is 0 Å². The first kappa shape index (κ1) is 19.5. The van der Waals surface area contributed by atoms with Crippen LogP contribution in [0.3, 0.4) is 0 Å². The van der Waals surface area contributed by atoms with E-state index in [1.54, 1.807) is 6.07 Å². The summed E-state index contributed by atoms with van der Waals surface area (Å²) in [5.41, 5.74) is 5.11. The number of anilines is 1. The van der Waals surface area contributed by atoms with E-state index < -0.39 is 10.0 Å². The number of aryl methyl sites for hydroxylation is 1. The highest BCUT2D eigenvalue weighted by atomic mass is 35.5. The maximum absolute atomic E-state index is 12.9. The standard InChI is InChI=1S/C21H21ClN2O2S2/c1-14-12-17(22)3-5-19(14)20-6-7-21(27-20)28(25,26)24-18-4-2-15-8-10-23-11-9-16(15)13-18/h2-7,12-13,23-24H,8-11H2,1H3. The van der Waals surface area contributed by atoms with Crippen molar-refractivity contribution < 1.29 is 8.42 Å². The summed E-state index contributed by atoms with van der Waals surface area (Å²) in [6, 6.07) is 15.0. The molecule has 0 aliphatic carbocycles. The van der Waals surface area contributed by atoms with Crippen molar-refractivity contribution >= 4 is 38.6 Å². The summed E-state index contributed by atoms with van der Waals surface area (Å²) in [4.78, 5) is 0.905. The Kier molecular flexibility index (Phi) is 5.47. The van der Waals surface area contributed by atoms with Crippen LogP contribution in [-0.4, -0.2) is 21.5 Å². The quantitative estimate of drug-likeness (QED) is 0.618. The van der Waals surface area contributed by atoms with Gasteiger partial charge in [0, 0.05) is 15.6 Å². The molecular formula is C21H21ClN2O2S2. The predicted molar refractivity (Wildman–Crippen MR) is 117 cm³/mol. The summed E-state index contributed by atoms with van der Waals surface area (Å²) in [6.07, 6.45) is 1.88. The first-order valence-corrected chi connectivity index (χ1v) is 11.8. The number of thiophene rings is 1. The van der Waals surface area contributed by atoms with Crippen LogP contribution in [0.2, 0.25) is 5.02 Å². The van der Waals surface area contributed by atoms with Crippen LogP contribution in [0.5, 0.6) is 0 Å². The lowest BCUT2D eigenvalue weighted by Gasteiger charge is -2.10. The summed E-state index contributed by atoms with van der Waals surface area (Å²) in [7, 11) is -3.63. The zero-order valence-corrected chi connectivity index (χ0v) is 17.8. The minimum absolute atomic E-state index is 0.299. The molecule has 4 nitrogen and oxygen atoms in total. The molecule has 7 heteroatoms. The molecule has 2 aromatic carbocycles. The second-order valence-corrected chi connectivity index (χ2v) is 10.3. The predicted octanol–water partition coefficient (Wildman–Crippen LogP) is 4.87. The molecule has 0 saturated heterocycles. The van der Waals surface area contributed by atoms with Crippen LogP contribution in [0.4, 0.5) is 5.69 Å². The molecule has 0 bridgehead atoms. The Labute approximate surface area is 174 Å². The highest BCUT2D eigenvalue weighted by molar-refractivity contribution is 7.94. The van der Waals surface area contributed by atoms with Crippen LogP contribution in [0.25, 0.3) is 10.4 Å². The summed E-state index contributed by atoms with van der Waals surface area (Å²) < 4.78 is 28.8. The average Bonchev–Trinajstić information content (AvgIpc) is 3.02. The van der Waals surface area contributed by atoms with Gasteiger partial charge in [0.1, 0.15) is 4.21 Å². The third-order valence-corrected chi connectivity index (χ3v) is 8.13. The van der Waals surface area contributed by atoms with E-state index in [4.69, 9.17) is 11.6 Å². The number of hydrogen-bond donors (Lipinski definition) is 2. The maximum atomic E-state index is 12.9. The zero-order chi connectivity index (χ0) is 19.7. The van der Waals surface area contributed by atoms with Crippen molar-refractivity contribution in [2.75, 3.05) is 17.8 Å². The van der Waals surface area contributed by atoms with Gasteiger partial charge < -0.3 is 5.32 Å². The van der Waals surface area contributed by atoms with Gasteiger partial charge in [-0.05, 0) is 91.5 Å². The van der Waals surface area contributed by atoms with Crippen molar-refractivity contribution in [3.05, 3.63) is 70.2 Å². The third kappa shape index (κ3) is 4.10. The molecule has 0 fully saturated rings. The minimum Gasteiger partial charge on any atom is -0.316 e. The molecule has 4 rings (SSSR count). The number of hydrogen-bond acceptors (Lipinski definition) is 4. The molecule has 28 heavy (non-hydrogen) atoms. The highest BCUT2D eigenvalue weighted by Gasteiger charge is 2.19. The Balaban J connectivity index is 1.59. The van der Waals surface area contributed by atoms with Crippen molar-refractivity contribution in [2.45, 2.75) is 24.0 Å². The van der Waals surface area contributed by atoms with Gasteiger partial charge in [-0.25, -0.2) is 8.42 Å². The number of rotatable bonds is 4. The number of sulfonamides is 1. The molecule has 0 atom stereocenters. The summed E-state index contributed by atoms with van der Waals surface area (Å²) in [5, 5.41) is 4.04. The molecule has 2 heterocycles. The van der Waals surface area contributed by atoms with Gasteiger partial charge in [-0.1, -0.05) is 23.7 Å². The van der Waals surface area contributed by atoms with E-state index in [0.717, 1.165) is 41.9 Å². The lowest BCUT2D eigenvalue weighted by Crippen LogP contribution is -2.16. The van der Waals surface area contributed by atoms with Crippen LogP contribution >= 0.6 is 22.9 Å². The molecular weight excluding hydrogens is 412 g/mol. The van der Waals surface area contributed by atoms with Gasteiger partial charge in [-0.15, -0.1) is 11.3 Å². The normalized spacial score (nSPS) is 14.4. The molecule has 1 aromatic heterocycles. The number of fused-ring (bicyclic) bond motifs is 1. The molecule has 2 N–H and O–H groups in total. The zero-order valence-electron chi connectivity index (χ0n) is 15.5. The molecule has 0 unspecified atom stereocenters. The fourth-order valence-corrected chi connectivity index (χ4v) is 6.13. The van der Waals surface area contributed by atoms with Gasteiger partial charge in [-0.3, -0.25) is 4.72 Å². The third-order valence-electron chi connectivity index (χ3n) is 4.90. The second kappa shape index (κ2) is 7.87. The van der Waals surface area contributed by atoms with Gasteiger partial charge in [0.2, 0.25) is 0 Å². The van der Waals surface area contributed by atoms with E-state index in [9.17, 15) is 8.42 Å². The maximum Gasteiger partial charge on any atom is 0.271 e. The minimum atomic E-state index is -3.63. The topological polar surface area (TPSA) is 58.2 Å².